The zero-order valence-electron chi connectivity index (χ0n) is 4.04. The Kier molecular flexibility index (Phi) is 214. The smallest absolute Gasteiger partial charge is 1.00 e. The first-order valence-electron chi connectivity index (χ1n) is 0. The van der Waals surface area contributed by atoms with Crippen molar-refractivity contribution in [3.63, 3.8) is 0 Å². The maximum absolute atomic E-state index is 0. The molecule has 0 fully saturated rings. The van der Waals surface area contributed by atoms with Gasteiger partial charge in [0.05, 0.1) is 0 Å². The van der Waals surface area contributed by atoms with Gasteiger partial charge in [0.1, 0.15) is 0 Å². The summed E-state index contributed by atoms with van der Waals surface area (Å²) < 4.78 is 0. The van der Waals surface area contributed by atoms with Crippen LogP contribution in [0.3, 0.4) is 0 Å². The molecule has 0 N–H and O–H groups in total. The third kappa shape index (κ3) is 22.6. The Balaban J connectivity index is 0. The largest absolute Gasteiger partial charge is 1.00 e. The molecule has 0 saturated carbocycles. The Bertz CT molecular complexity index is 17.7. The van der Waals surface area contributed by atoms with Crippen LogP contribution >= 0.6 is 24.0 Å². The van der Waals surface area contributed by atoms with E-state index in [0.717, 1.165) is 0 Å². The van der Waals surface area contributed by atoms with Crippen LogP contribution in [0.4, 0.5) is 4.70 Å². The van der Waals surface area contributed by atoms with Gasteiger partial charge in [0.25, 0.3) is 0 Å². The fourth-order valence-corrected chi connectivity index (χ4v) is 0. The average molecular weight is 750 g/mol. The predicted molar refractivity (Wildman–Crippen MR) is 29.0 cm³/mol. The summed E-state index contributed by atoms with van der Waals surface area (Å²) in [5.41, 5.74) is 0. The van der Waals surface area contributed by atoms with E-state index in [1.54, 1.807) is 0 Å². The van der Waals surface area contributed by atoms with Gasteiger partial charge in [-0.1, -0.05) is 0 Å². The van der Waals surface area contributed by atoms with E-state index in [1.165, 1.54) is 0 Å². The van der Waals surface area contributed by atoms with Gasteiger partial charge in [0.2, 0.25) is 0 Å². The molecule has 0 unspecified atom stereocenters. The molecule has 0 aliphatic rings. The second kappa shape index (κ2) is 31.1. The van der Waals surface area contributed by atoms with E-state index in [1.807, 2.05) is 0 Å². The molecule has 56 valence electrons. The monoisotopic (exact) mass is 750 g/mol. The van der Waals surface area contributed by atoms with Crippen molar-refractivity contribution < 1.29 is 131 Å². The minimum Gasteiger partial charge on any atom is -1.00 e. The number of hydrogen-bond donors (Lipinski definition) is 0. The minimum absolute atomic E-state index is 0. The van der Waals surface area contributed by atoms with Crippen molar-refractivity contribution in [2.75, 3.05) is 0 Å². The van der Waals surface area contributed by atoms with E-state index >= 15 is 0 Å². The van der Waals surface area contributed by atoms with Gasteiger partial charge in [-0.15, -0.1) is 24.0 Å². The maximum Gasteiger partial charge on any atom is 1.00 e. The molecule has 0 aromatic rings. The molecule has 0 amide bonds. The van der Waals surface area contributed by atoms with Crippen molar-refractivity contribution in [3.05, 3.63) is 0 Å². The zero-order valence-corrected chi connectivity index (χ0v) is 17.3. The van der Waals surface area contributed by atoms with Crippen molar-refractivity contribution >= 4 is 50.2 Å². The first-order chi connectivity index (χ1) is 0. The third-order valence-electron chi connectivity index (χ3n) is 0. The molecule has 0 aromatic carbocycles. The van der Waals surface area contributed by atoms with Crippen LogP contribution in [0.15, 0.2) is 0 Å². The maximum atomic E-state index is 0. The fourth-order valence-electron chi connectivity index (χ4n) is 0. The summed E-state index contributed by atoms with van der Waals surface area (Å²) in [5, 5.41) is 0. The van der Waals surface area contributed by atoms with Gasteiger partial charge in [-0.05, 0) is 0 Å². The Labute approximate surface area is 176 Å². The molecule has 0 aromatic heterocycles. The van der Waals surface area contributed by atoms with E-state index in [0.29, 0.717) is 0 Å². The van der Waals surface area contributed by atoms with Crippen molar-refractivity contribution in [1.29, 1.82) is 0 Å². The predicted octanol–water partition coefficient (Wildman–Crippen LogP) is -3.30. The van der Waals surface area contributed by atoms with Gasteiger partial charge in [0.15, 0.2) is 0 Å². The molecule has 0 aliphatic heterocycles. The quantitative estimate of drug-likeness (QED) is 0.180. The molecule has 6 heteroatoms. The fraction of sp³-hybridized carbons (Fsp3) is 0. The van der Waals surface area contributed by atoms with Gasteiger partial charge in [-0.2, -0.15) is 0 Å². The molecule has 0 saturated heterocycles. The van der Waals surface area contributed by atoms with Gasteiger partial charge in [0, 0.05) is 73.7 Å². The topological polar surface area (TPSA) is 0 Å². The Hall–Kier alpha value is 5.65. The Morgan fingerprint density at radius 1 is 1.00 bits per heavy atom. The number of hydrogen-bond acceptors (Lipinski definition) is 0. The molecule has 0 nitrogen and oxygen atoms in total. The van der Waals surface area contributed by atoms with Crippen molar-refractivity contribution in [2.24, 2.45) is 0 Å². The van der Waals surface area contributed by atoms with Gasteiger partial charge >= 0.3 is 77.6 Å². The Morgan fingerprint density at radius 2 is 1.00 bits per heavy atom. The average Bonchev–Trinajstić information content (AvgIpc) is 0. The van der Waals surface area contributed by atoms with E-state index in [-0.39, 0.29) is 181 Å². The van der Waals surface area contributed by atoms with E-state index in [9.17, 15) is 0 Å². The molecule has 6 heavy (non-hydrogen) atoms. The Morgan fingerprint density at radius 3 is 1.00 bits per heavy atom. The van der Waals surface area contributed by atoms with Gasteiger partial charge in [-0.3, -0.25) is 4.70 Å². The summed E-state index contributed by atoms with van der Waals surface area (Å²) in [6, 6.07) is 0. The van der Waals surface area contributed by atoms with Crippen molar-refractivity contribution in [1.82, 2.24) is 0 Å². The van der Waals surface area contributed by atoms with Crippen LogP contribution in [0.5, 0.6) is 0 Å². The molecule has 0 atom stereocenters. The zero-order chi connectivity index (χ0) is 0. The van der Waals surface area contributed by atoms with Crippen LogP contribution in [0, 0.1) is 73.7 Å². The van der Waals surface area contributed by atoms with Crippen LogP contribution in [-0.2, 0) is 0 Å². The summed E-state index contributed by atoms with van der Waals surface area (Å²) in [6.07, 6.45) is 0. The molecule has 0 spiro atoms. The number of halogens is 2. The second-order valence-corrected chi connectivity index (χ2v) is 0. The molecular weight excluding hydrogens is 744 g/mol. The van der Waals surface area contributed by atoms with Crippen LogP contribution in [0.2, 0.25) is 0 Å². The minimum atomic E-state index is 0. The summed E-state index contributed by atoms with van der Waals surface area (Å²) >= 11 is 0. The summed E-state index contributed by atoms with van der Waals surface area (Å²) in [4.78, 5) is 0. The van der Waals surface area contributed by atoms with Crippen LogP contribution in [0.25, 0.3) is 0 Å². The summed E-state index contributed by atoms with van der Waals surface area (Å²) in [6.45, 7) is 0. The van der Waals surface area contributed by atoms with Crippen LogP contribution < -0.4 is 51.4 Å². The molecule has 0 bridgehead atoms. The first kappa shape index (κ1) is 41.4. The SMILES string of the molecule is F.I.[BiH3].[H-].[K+].[Lu].[Lu]. The van der Waals surface area contributed by atoms with Gasteiger partial charge < -0.3 is 1.43 Å². The normalized spacial score (nSPS) is 0. The number of rotatable bonds is 0. The molecule has 0 rings (SSSR count). The molecule has 0 heterocycles. The molecule has 2 radical (unpaired) electrons. The van der Waals surface area contributed by atoms with Crippen LogP contribution in [0.1, 0.15) is 1.43 Å². The summed E-state index contributed by atoms with van der Waals surface area (Å²) in [7, 11) is 0. The first-order valence-corrected chi connectivity index (χ1v) is 0. The third-order valence-corrected chi connectivity index (χ3v) is 0. The van der Waals surface area contributed by atoms with Crippen molar-refractivity contribution in [3.8, 4) is 0 Å². The molecular formula is H6BiFIKLu2. The van der Waals surface area contributed by atoms with E-state index in [4.69, 9.17) is 0 Å². The van der Waals surface area contributed by atoms with E-state index < -0.39 is 0 Å². The van der Waals surface area contributed by atoms with Crippen LogP contribution in [-0.4, -0.2) is 26.2 Å². The van der Waals surface area contributed by atoms with E-state index in [2.05, 4.69) is 0 Å². The second-order valence-electron chi connectivity index (χ2n) is 0. The van der Waals surface area contributed by atoms with Crippen molar-refractivity contribution in [2.45, 2.75) is 0 Å². The molecule has 0 aliphatic carbocycles. The summed E-state index contributed by atoms with van der Waals surface area (Å²) in [5.74, 6) is 0. The van der Waals surface area contributed by atoms with Gasteiger partial charge in [-0.25, -0.2) is 0 Å². The standard InChI is InChI=1S/Bi.FH.HI.K.2Lu.4H/h;2*1H;;;;;;;/q;;;+1;;;;;;-1.